The Bertz CT molecular complexity index is 337. The number of carbonyl (C=O) groups is 1. The molecule has 2 atom stereocenters. The molecule has 1 amide bonds. The van der Waals surface area contributed by atoms with Crippen LogP contribution in [0.4, 0.5) is 17.6 Å². The van der Waals surface area contributed by atoms with Crippen molar-refractivity contribution in [3.8, 4) is 0 Å². The normalized spacial score (nSPS) is 29.8. The highest BCUT2D eigenvalue weighted by Gasteiger charge is 2.52. The van der Waals surface area contributed by atoms with E-state index in [1.165, 1.54) is 0 Å². The zero-order valence-corrected chi connectivity index (χ0v) is 10.1. The molecule has 0 saturated carbocycles. The summed E-state index contributed by atoms with van der Waals surface area (Å²) in [5.74, 6) is -6.30. The third kappa shape index (κ3) is 2.20. The molecule has 0 aromatic rings. The van der Waals surface area contributed by atoms with Gasteiger partial charge in [-0.1, -0.05) is 0 Å². The molecule has 2 aliphatic heterocycles. The molecule has 7 heteroatoms. The summed E-state index contributed by atoms with van der Waals surface area (Å²) in [5, 5.41) is 0. The fourth-order valence-electron chi connectivity index (χ4n) is 2.80. The number of likely N-dealkylation sites (N-methyl/N-ethyl adjacent to an activating group) is 1. The van der Waals surface area contributed by atoms with E-state index in [9.17, 15) is 22.4 Å². The van der Waals surface area contributed by atoms with Crippen LogP contribution in [0.1, 0.15) is 19.3 Å². The fraction of sp³-hybridized carbons (Fsp3) is 0.909. The third-order valence-corrected chi connectivity index (χ3v) is 3.99. The smallest absolute Gasteiger partial charge is 0.336 e. The van der Waals surface area contributed by atoms with Gasteiger partial charge in [-0.05, 0) is 26.3 Å². The molecule has 2 aliphatic rings. The number of hydrogen-bond donors (Lipinski definition) is 0. The van der Waals surface area contributed by atoms with E-state index in [4.69, 9.17) is 0 Å². The molecule has 0 N–H and O–H groups in total. The summed E-state index contributed by atoms with van der Waals surface area (Å²) < 4.78 is 50.4. The molecule has 0 aromatic carbocycles. The van der Waals surface area contributed by atoms with Crippen LogP contribution in [0.15, 0.2) is 0 Å². The minimum atomic E-state index is -4.57. The van der Waals surface area contributed by atoms with Crippen LogP contribution in [0.3, 0.4) is 0 Å². The SMILES string of the molecule is CN1C2CCC1CN(C(=O)C(F)(F)C(F)F)CC2. The van der Waals surface area contributed by atoms with Crippen LogP contribution in [0, 0.1) is 0 Å². The number of carbonyl (C=O) groups excluding carboxylic acids is 1. The van der Waals surface area contributed by atoms with Gasteiger partial charge < -0.3 is 4.90 Å². The molecule has 2 unspecified atom stereocenters. The van der Waals surface area contributed by atoms with Crippen molar-refractivity contribution in [3.05, 3.63) is 0 Å². The average molecular weight is 268 g/mol. The van der Waals surface area contributed by atoms with Crippen molar-refractivity contribution in [1.82, 2.24) is 9.80 Å². The number of likely N-dealkylation sites (tertiary alicyclic amines) is 1. The summed E-state index contributed by atoms with van der Waals surface area (Å²) in [6.07, 6.45) is -1.57. The Balaban J connectivity index is 2.09. The topological polar surface area (TPSA) is 23.6 Å². The fourth-order valence-corrected chi connectivity index (χ4v) is 2.80. The van der Waals surface area contributed by atoms with E-state index in [1.807, 2.05) is 7.05 Å². The highest BCUT2D eigenvalue weighted by Crippen LogP contribution is 2.31. The van der Waals surface area contributed by atoms with E-state index in [0.717, 1.165) is 17.7 Å². The molecule has 0 aromatic heterocycles. The molecule has 104 valence electrons. The first-order valence-corrected chi connectivity index (χ1v) is 6.01. The Morgan fingerprint density at radius 1 is 1.22 bits per heavy atom. The highest BCUT2D eigenvalue weighted by molar-refractivity contribution is 5.84. The Labute approximate surface area is 103 Å². The van der Waals surface area contributed by atoms with E-state index in [0.29, 0.717) is 6.42 Å². The summed E-state index contributed by atoms with van der Waals surface area (Å²) in [5.41, 5.74) is 0. The van der Waals surface area contributed by atoms with E-state index < -0.39 is 18.3 Å². The van der Waals surface area contributed by atoms with Crippen molar-refractivity contribution in [1.29, 1.82) is 0 Å². The molecule has 0 radical (unpaired) electrons. The second kappa shape index (κ2) is 4.68. The van der Waals surface area contributed by atoms with Crippen LogP contribution in [0.2, 0.25) is 0 Å². The minimum Gasteiger partial charge on any atom is -0.336 e. The lowest BCUT2D eigenvalue weighted by molar-refractivity contribution is -0.180. The number of hydrogen-bond acceptors (Lipinski definition) is 2. The van der Waals surface area contributed by atoms with Crippen molar-refractivity contribution in [2.75, 3.05) is 20.1 Å². The van der Waals surface area contributed by atoms with Gasteiger partial charge in [0.2, 0.25) is 0 Å². The van der Waals surface area contributed by atoms with Crippen LogP contribution in [-0.2, 0) is 4.79 Å². The molecule has 18 heavy (non-hydrogen) atoms. The van der Waals surface area contributed by atoms with Gasteiger partial charge in [0.15, 0.2) is 0 Å². The minimum absolute atomic E-state index is 0.00919. The van der Waals surface area contributed by atoms with Crippen molar-refractivity contribution in [2.45, 2.75) is 43.7 Å². The average Bonchev–Trinajstić information content (AvgIpc) is 2.52. The van der Waals surface area contributed by atoms with Gasteiger partial charge >= 0.3 is 12.3 Å². The number of rotatable bonds is 2. The molecule has 2 saturated heterocycles. The van der Waals surface area contributed by atoms with E-state index in [1.54, 1.807) is 0 Å². The van der Waals surface area contributed by atoms with Gasteiger partial charge in [0.25, 0.3) is 5.91 Å². The van der Waals surface area contributed by atoms with Crippen LogP contribution < -0.4 is 0 Å². The predicted octanol–water partition coefficient (Wildman–Crippen LogP) is 1.58. The Hall–Kier alpha value is -0.850. The quantitative estimate of drug-likeness (QED) is 0.710. The second-order valence-corrected chi connectivity index (χ2v) is 5.01. The first-order valence-electron chi connectivity index (χ1n) is 6.01. The summed E-state index contributed by atoms with van der Waals surface area (Å²) in [6.45, 7) is 0.251. The Kier molecular flexibility index (Phi) is 3.53. The van der Waals surface area contributed by atoms with Crippen LogP contribution in [0.25, 0.3) is 0 Å². The predicted molar refractivity (Wildman–Crippen MR) is 56.7 cm³/mol. The Morgan fingerprint density at radius 2 is 1.83 bits per heavy atom. The number of nitrogens with zero attached hydrogens (tertiary/aromatic N) is 2. The molecular formula is C11H16F4N2O. The van der Waals surface area contributed by atoms with Crippen LogP contribution in [0.5, 0.6) is 0 Å². The molecule has 0 spiro atoms. The first-order chi connectivity index (χ1) is 8.34. The van der Waals surface area contributed by atoms with Crippen molar-refractivity contribution >= 4 is 5.91 Å². The van der Waals surface area contributed by atoms with Crippen LogP contribution >= 0.6 is 0 Å². The second-order valence-electron chi connectivity index (χ2n) is 5.01. The zero-order valence-electron chi connectivity index (χ0n) is 10.1. The van der Waals surface area contributed by atoms with E-state index in [2.05, 4.69) is 4.90 Å². The van der Waals surface area contributed by atoms with Gasteiger partial charge in [-0.3, -0.25) is 9.69 Å². The summed E-state index contributed by atoms with van der Waals surface area (Å²) in [6, 6.07) is 0.280. The summed E-state index contributed by atoms with van der Waals surface area (Å²) >= 11 is 0. The monoisotopic (exact) mass is 268 g/mol. The standard InChI is InChI=1S/C11H16F4N2O/c1-16-7-2-3-8(16)6-17(5-4-7)10(18)11(14,15)9(12)13/h7-9H,2-6H2,1H3. The van der Waals surface area contributed by atoms with E-state index in [-0.39, 0.29) is 25.2 Å². The number of fused-ring (bicyclic) bond motifs is 2. The molecule has 2 fully saturated rings. The third-order valence-electron chi connectivity index (χ3n) is 3.99. The maximum absolute atomic E-state index is 13.0. The summed E-state index contributed by atoms with van der Waals surface area (Å²) in [4.78, 5) is 14.4. The lowest BCUT2D eigenvalue weighted by Gasteiger charge is -2.28. The van der Waals surface area contributed by atoms with Gasteiger partial charge in [0.1, 0.15) is 0 Å². The van der Waals surface area contributed by atoms with Crippen LogP contribution in [-0.4, -0.2) is 60.3 Å². The lowest BCUT2D eigenvalue weighted by atomic mass is 10.1. The largest absolute Gasteiger partial charge is 0.383 e. The maximum Gasteiger partial charge on any atom is 0.383 e. The number of halogens is 4. The molecule has 2 heterocycles. The van der Waals surface area contributed by atoms with Crippen molar-refractivity contribution < 1.29 is 22.4 Å². The van der Waals surface area contributed by atoms with Gasteiger partial charge in [-0.15, -0.1) is 0 Å². The summed E-state index contributed by atoms with van der Waals surface area (Å²) in [7, 11) is 1.89. The van der Waals surface area contributed by atoms with Crippen molar-refractivity contribution in [2.24, 2.45) is 0 Å². The first kappa shape index (κ1) is 13.6. The van der Waals surface area contributed by atoms with Gasteiger partial charge in [0, 0.05) is 25.2 Å². The van der Waals surface area contributed by atoms with E-state index >= 15 is 0 Å². The number of amides is 1. The Morgan fingerprint density at radius 3 is 2.44 bits per heavy atom. The van der Waals surface area contributed by atoms with Gasteiger partial charge in [0.05, 0.1) is 0 Å². The lowest BCUT2D eigenvalue weighted by Crippen LogP contribution is -2.50. The molecule has 2 bridgehead atoms. The van der Waals surface area contributed by atoms with Gasteiger partial charge in [-0.2, -0.15) is 8.78 Å². The number of alkyl halides is 4. The van der Waals surface area contributed by atoms with Gasteiger partial charge in [-0.25, -0.2) is 8.78 Å². The molecule has 3 nitrogen and oxygen atoms in total. The maximum atomic E-state index is 13.0. The molecular weight excluding hydrogens is 252 g/mol. The molecule has 0 aliphatic carbocycles. The zero-order chi connectivity index (χ0) is 13.5. The van der Waals surface area contributed by atoms with Crippen molar-refractivity contribution in [3.63, 3.8) is 0 Å². The molecule has 2 rings (SSSR count). The highest BCUT2D eigenvalue weighted by atomic mass is 19.3.